The van der Waals surface area contributed by atoms with E-state index in [1.54, 1.807) is 24.3 Å². The number of rotatable bonds is 5. The van der Waals surface area contributed by atoms with Crippen LogP contribution in [0, 0.1) is 0 Å². The quantitative estimate of drug-likeness (QED) is 0.614. The van der Waals surface area contributed by atoms with Crippen molar-refractivity contribution in [2.24, 2.45) is 0 Å². The van der Waals surface area contributed by atoms with Crippen LogP contribution in [0.4, 0.5) is 4.79 Å². The molecular weight excluding hydrogens is 326 g/mol. The van der Waals surface area contributed by atoms with Crippen molar-refractivity contribution in [1.82, 2.24) is 15.6 Å². The van der Waals surface area contributed by atoms with Crippen LogP contribution in [-0.2, 0) is 16.1 Å². The van der Waals surface area contributed by atoms with E-state index in [-0.39, 0.29) is 6.54 Å². The number of urea groups is 1. The summed E-state index contributed by atoms with van der Waals surface area (Å²) >= 11 is 0. The fraction of sp³-hybridized carbons (Fsp3) is 0.118. The molecule has 0 aliphatic carbocycles. The van der Waals surface area contributed by atoms with Gasteiger partial charge in [-0.1, -0.05) is 18.2 Å². The number of carbonyl (C=O) groups excluding carboxylic acids is 3. The molecule has 0 bridgehead atoms. The number of hydrogen-bond acceptors (Lipinski definition) is 5. The maximum atomic E-state index is 12.1. The van der Waals surface area contributed by atoms with Gasteiger partial charge in [-0.15, -0.1) is 0 Å². The van der Waals surface area contributed by atoms with Crippen LogP contribution < -0.4 is 10.6 Å². The molecule has 8 heteroatoms. The van der Waals surface area contributed by atoms with Crippen LogP contribution in [0.15, 0.2) is 53.3 Å². The van der Waals surface area contributed by atoms with Crippen LogP contribution in [0.2, 0.25) is 0 Å². The largest absolute Gasteiger partial charge is 0.467 e. The van der Waals surface area contributed by atoms with Crippen LogP contribution in [-0.4, -0.2) is 29.5 Å². The highest BCUT2D eigenvalue weighted by Gasteiger charge is 2.15. The second-order valence-electron chi connectivity index (χ2n) is 5.13. The number of benzene rings is 1. The van der Waals surface area contributed by atoms with Crippen molar-refractivity contribution < 1.29 is 23.5 Å². The van der Waals surface area contributed by atoms with Gasteiger partial charge in [-0.25, -0.2) is 9.59 Å². The predicted molar refractivity (Wildman–Crippen MR) is 87.7 cm³/mol. The second-order valence-corrected chi connectivity index (χ2v) is 5.13. The van der Waals surface area contributed by atoms with Crippen LogP contribution >= 0.6 is 0 Å². The van der Waals surface area contributed by atoms with Crippen LogP contribution in [0.1, 0.15) is 16.1 Å². The van der Waals surface area contributed by atoms with Gasteiger partial charge in [0.1, 0.15) is 5.76 Å². The van der Waals surface area contributed by atoms with Gasteiger partial charge in [0.15, 0.2) is 6.61 Å². The molecule has 3 rings (SSSR count). The molecule has 0 saturated heterocycles. The van der Waals surface area contributed by atoms with Gasteiger partial charge in [-0.2, -0.15) is 0 Å². The molecule has 0 atom stereocenters. The number of furan rings is 1. The van der Waals surface area contributed by atoms with E-state index in [1.807, 2.05) is 12.1 Å². The normalized spacial score (nSPS) is 10.4. The Morgan fingerprint density at radius 2 is 1.96 bits per heavy atom. The number of fused-ring (bicyclic) bond motifs is 1. The summed E-state index contributed by atoms with van der Waals surface area (Å²) in [5, 5.41) is 5.21. The van der Waals surface area contributed by atoms with Crippen molar-refractivity contribution in [2.45, 2.75) is 6.54 Å². The fourth-order valence-electron chi connectivity index (χ4n) is 2.24. The molecule has 0 spiro atoms. The number of aromatic nitrogens is 1. The Morgan fingerprint density at radius 3 is 2.76 bits per heavy atom. The number of esters is 1. The zero-order chi connectivity index (χ0) is 17.6. The minimum Gasteiger partial charge on any atom is -0.467 e. The predicted octanol–water partition coefficient (Wildman–Crippen LogP) is 1.94. The third-order valence-electron chi connectivity index (χ3n) is 3.40. The van der Waals surface area contributed by atoms with Crippen molar-refractivity contribution in [3.8, 4) is 0 Å². The van der Waals surface area contributed by atoms with Gasteiger partial charge in [-0.3, -0.25) is 10.1 Å². The monoisotopic (exact) mass is 341 g/mol. The molecule has 0 saturated carbocycles. The fourth-order valence-corrected chi connectivity index (χ4v) is 2.24. The minimum atomic E-state index is -0.731. The van der Waals surface area contributed by atoms with E-state index in [2.05, 4.69) is 15.6 Å². The molecule has 128 valence electrons. The minimum absolute atomic E-state index is 0.140. The lowest BCUT2D eigenvalue weighted by atomic mass is 10.2. The molecule has 8 nitrogen and oxygen atoms in total. The summed E-state index contributed by atoms with van der Waals surface area (Å²) in [6.45, 7) is -0.423. The summed E-state index contributed by atoms with van der Waals surface area (Å²) in [5.41, 5.74) is 1.11. The first-order valence-electron chi connectivity index (χ1n) is 7.47. The Kier molecular flexibility index (Phi) is 4.79. The lowest BCUT2D eigenvalue weighted by Gasteiger charge is -2.06. The van der Waals surface area contributed by atoms with Crippen LogP contribution in [0.5, 0.6) is 0 Å². The summed E-state index contributed by atoms with van der Waals surface area (Å²) in [5.74, 6) is -0.831. The third kappa shape index (κ3) is 4.05. The lowest BCUT2D eigenvalue weighted by molar-refractivity contribution is -0.123. The van der Waals surface area contributed by atoms with Gasteiger partial charge in [0.05, 0.1) is 18.4 Å². The lowest BCUT2D eigenvalue weighted by Crippen LogP contribution is -2.41. The average Bonchev–Trinajstić information content (AvgIpc) is 3.27. The SMILES string of the molecule is O=C(COC(=O)c1c[nH]c2ccccc12)NC(=O)NCc1ccco1. The maximum Gasteiger partial charge on any atom is 0.340 e. The molecule has 0 radical (unpaired) electrons. The molecule has 2 heterocycles. The van der Waals surface area contributed by atoms with Crippen LogP contribution in [0.3, 0.4) is 0 Å². The molecule has 1 aromatic carbocycles. The van der Waals surface area contributed by atoms with Gasteiger partial charge in [-0.05, 0) is 18.2 Å². The second kappa shape index (κ2) is 7.35. The number of ether oxygens (including phenoxy) is 1. The number of nitrogens with one attached hydrogen (secondary N) is 3. The summed E-state index contributed by atoms with van der Waals surface area (Å²) in [7, 11) is 0. The molecule has 0 fully saturated rings. The van der Waals surface area contributed by atoms with Crippen molar-refractivity contribution in [1.29, 1.82) is 0 Å². The number of aromatic amines is 1. The highest BCUT2D eigenvalue weighted by Crippen LogP contribution is 2.18. The van der Waals surface area contributed by atoms with E-state index in [9.17, 15) is 14.4 Å². The first-order valence-corrected chi connectivity index (χ1v) is 7.47. The smallest absolute Gasteiger partial charge is 0.340 e. The van der Waals surface area contributed by atoms with Crippen molar-refractivity contribution >= 4 is 28.8 Å². The molecule has 3 aromatic rings. The molecular formula is C17H15N3O5. The van der Waals surface area contributed by atoms with Gasteiger partial charge < -0.3 is 19.5 Å². The van der Waals surface area contributed by atoms with Gasteiger partial charge in [0, 0.05) is 17.1 Å². The Hall–Kier alpha value is -3.55. The van der Waals surface area contributed by atoms with E-state index in [0.717, 1.165) is 5.52 Å². The van der Waals surface area contributed by atoms with Gasteiger partial charge in [0.2, 0.25) is 0 Å². The summed E-state index contributed by atoms with van der Waals surface area (Å²) in [6, 6.07) is 9.89. The topological polar surface area (TPSA) is 113 Å². The van der Waals surface area contributed by atoms with Crippen LogP contribution in [0.25, 0.3) is 10.9 Å². The number of amides is 3. The molecule has 0 aliphatic rings. The maximum absolute atomic E-state index is 12.1. The van der Waals surface area contributed by atoms with E-state index in [1.165, 1.54) is 12.5 Å². The highest BCUT2D eigenvalue weighted by molar-refractivity contribution is 6.05. The van der Waals surface area contributed by atoms with Crippen molar-refractivity contribution in [2.75, 3.05) is 6.61 Å². The summed E-state index contributed by atoms with van der Waals surface area (Å²) in [4.78, 5) is 38.2. The van der Waals surface area contributed by atoms with E-state index in [4.69, 9.17) is 9.15 Å². The highest BCUT2D eigenvalue weighted by atomic mass is 16.5. The molecule has 3 N–H and O–H groups in total. The van der Waals surface area contributed by atoms with E-state index < -0.39 is 24.5 Å². The van der Waals surface area contributed by atoms with Crippen molar-refractivity contribution in [3.05, 3.63) is 60.2 Å². The molecule has 3 amide bonds. The average molecular weight is 341 g/mol. The first kappa shape index (κ1) is 16.3. The molecule has 25 heavy (non-hydrogen) atoms. The third-order valence-corrected chi connectivity index (χ3v) is 3.40. The summed E-state index contributed by atoms with van der Waals surface area (Å²) in [6.07, 6.45) is 2.99. The number of para-hydroxylation sites is 1. The Morgan fingerprint density at radius 1 is 1.12 bits per heavy atom. The zero-order valence-corrected chi connectivity index (χ0v) is 13.1. The number of H-pyrrole nitrogens is 1. The molecule has 0 unspecified atom stereocenters. The Balaban J connectivity index is 1.47. The van der Waals surface area contributed by atoms with Crippen molar-refractivity contribution in [3.63, 3.8) is 0 Å². The summed E-state index contributed by atoms with van der Waals surface area (Å²) < 4.78 is 9.98. The van der Waals surface area contributed by atoms with E-state index in [0.29, 0.717) is 16.7 Å². The zero-order valence-electron chi connectivity index (χ0n) is 13.1. The number of hydrogen-bond donors (Lipinski definition) is 3. The first-order chi connectivity index (χ1) is 12.1. The van der Waals surface area contributed by atoms with Gasteiger partial charge >= 0.3 is 12.0 Å². The van der Waals surface area contributed by atoms with Gasteiger partial charge in [0.25, 0.3) is 5.91 Å². The number of carbonyl (C=O) groups is 3. The molecule has 0 aliphatic heterocycles. The number of imide groups is 1. The standard InChI is InChI=1S/C17H15N3O5/c21-15(20-17(23)19-8-11-4-3-7-24-11)10-25-16(22)13-9-18-14-6-2-1-5-12(13)14/h1-7,9,18H,8,10H2,(H2,19,20,21,23). The molecule has 2 aromatic heterocycles. The Bertz CT molecular complexity index is 898. The van der Waals surface area contributed by atoms with E-state index >= 15 is 0 Å². The Labute approximate surface area is 142 Å².